The summed E-state index contributed by atoms with van der Waals surface area (Å²) in [6.07, 6.45) is 6.65. The van der Waals surface area contributed by atoms with Crippen LogP contribution in [0, 0.1) is 5.92 Å². The Morgan fingerprint density at radius 3 is 2.59 bits per heavy atom. The maximum atomic E-state index is 13.1. The molecule has 6 nitrogen and oxygen atoms in total. The molecule has 0 N–H and O–H groups in total. The normalized spacial score (nSPS) is 22.1. The molecule has 2 amide bonds. The lowest BCUT2D eigenvalue weighted by Gasteiger charge is -2.45. The number of para-hydroxylation sites is 1. The predicted molar refractivity (Wildman–Crippen MR) is 110 cm³/mol. The molecular weight excluding hydrogens is 366 g/mol. The second-order valence-corrected chi connectivity index (χ2v) is 8.73. The van der Waals surface area contributed by atoms with Gasteiger partial charge < -0.3 is 19.1 Å². The van der Waals surface area contributed by atoms with Crippen molar-refractivity contribution in [2.45, 2.75) is 44.2 Å². The summed E-state index contributed by atoms with van der Waals surface area (Å²) in [5, 5.41) is 1.15. The molecule has 0 radical (unpaired) electrons. The van der Waals surface area contributed by atoms with Crippen LogP contribution in [-0.2, 0) is 20.9 Å². The molecule has 3 aliphatic rings. The van der Waals surface area contributed by atoms with E-state index < -0.39 is 0 Å². The van der Waals surface area contributed by atoms with Crippen molar-refractivity contribution in [1.29, 1.82) is 0 Å². The number of carbonyl (C=O) groups excluding carboxylic acids is 2. The third-order valence-corrected chi connectivity index (χ3v) is 6.97. The summed E-state index contributed by atoms with van der Waals surface area (Å²) in [5.74, 6) is 0.648. The van der Waals surface area contributed by atoms with Gasteiger partial charge in [0, 0.05) is 56.0 Å². The van der Waals surface area contributed by atoms with E-state index in [1.807, 2.05) is 27.8 Å². The Kier molecular flexibility index (Phi) is 4.82. The Morgan fingerprint density at radius 1 is 1.00 bits per heavy atom. The molecule has 3 heterocycles. The number of aromatic nitrogens is 1. The quantitative estimate of drug-likeness (QED) is 0.803. The SMILES string of the molecule is O=C(Cn1ccc2ccccc21)N1CCN(C(=O)C2CC2)C2(CCOCC2)CC1. The van der Waals surface area contributed by atoms with Crippen molar-refractivity contribution in [3.05, 3.63) is 36.5 Å². The molecule has 2 saturated heterocycles. The van der Waals surface area contributed by atoms with Gasteiger partial charge in [0.15, 0.2) is 0 Å². The van der Waals surface area contributed by atoms with E-state index in [-0.39, 0.29) is 17.4 Å². The molecule has 29 heavy (non-hydrogen) atoms. The van der Waals surface area contributed by atoms with Gasteiger partial charge in [-0.25, -0.2) is 0 Å². The molecule has 0 unspecified atom stereocenters. The lowest BCUT2D eigenvalue weighted by Crippen LogP contribution is -2.55. The molecule has 1 aromatic carbocycles. The number of hydrogen-bond acceptors (Lipinski definition) is 3. The Labute approximate surface area is 171 Å². The highest BCUT2D eigenvalue weighted by Gasteiger charge is 2.46. The minimum atomic E-state index is -0.132. The maximum Gasteiger partial charge on any atom is 0.242 e. The molecule has 0 bridgehead atoms. The monoisotopic (exact) mass is 395 g/mol. The van der Waals surface area contributed by atoms with Gasteiger partial charge in [-0.15, -0.1) is 0 Å². The summed E-state index contributed by atoms with van der Waals surface area (Å²) >= 11 is 0. The van der Waals surface area contributed by atoms with Gasteiger partial charge in [-0.1, -0.05) is 18.2 Å². The topological polar surface area (TPSA) is 54.8 Å². The predicted octanol–water partition coefficient (Wildman–Crippen LogP) is 2.66. The van der Waals surface area contributed by atoms with Crippen molar-refractivity contribution in [2.24, 2.45) is 5.92 Å². The summed E-state index contributed by atoms with van der Waals surface area (Å²) in [6, 6.07) is 10.2. The number of ether oxygens (including phenoxy) is 1. The highest BCUT2D eigenvalue weighted by molar-refractivity contribution is 5.84. The van der Waals surface area contributed by atoms with E-state index in [2.05, 4.69) is 23.1 Å². The molecule has 3 fully saturated rings. The van der Waals surface area contributed by atoms with Crippen molar-refractivity contribution in [1.82, 2.24) is 14.4 Å². The van der Waals surface area contributed by atoms with Crippen molar-refractivity contribution >= 4 is 22.7 Å². The molecule has 2 aliphatic heterocycles. The van der Waals surface area contributed by atoms with Crippen molar-refractivity contribution < 1.29 is 14.3 Å². The van der Waals surface area contributed by atoms with Crippen molar-refractivity contribution in [3.8, 4) is 0 Å². The van der Waals surface area contributed by atoms with E-state index in [1.165, 1.54) is 0 Å². The van der Waals surface area contributed by atoms with Crippen LogP contribution in [0.15, 0.2) is 36.5 Å². The number of hydrogen-bond donors (Lipinski definition) is 0. The fourth-order valence-electron chi connectivity index (χ4n) is 4.99. The van der Waals surface area contributed by atoms with Crippen LogP contribution >= 0.6 is 0 Å². The first-order valence-corrected chi connectivity index (χ1v) is 10.9. The zero-order valence-electron chi connectivity index (χ0n) is 16.9. The van der Waals surface area contributed by atoms with Gasteiger partial charge in [0.05, 0.1) is 0 Å². The number of nitrogens with zero attached hydrogens (tertiary/aromatic N) is 3. The second-order valence-electron chi connectivity index (χ2n) is 8.73. The van der Waals surface area contributed by atoms with Gasteiger partial charge in [-0.3, -0.25) is 9.59 Å². The number of carbonyl (C=O) groups is 2. The third kappa shape index (κ3) is 3.54. The van der Waals surface area contributed by atoms with Crippen LogP contribution in [0.4, 0.5) is 0 Å². The Balaban J connectivity index is 1.33. The average Bonchev–Trinajstić information content (AvgIpc) is 3.54. The van der Waals surface area contributed by atoms with Gasteiger partial charge in [0.25, 0.3) is 0 Å². The Bertz CT molecular complexity index is 911. The first kappa shape index (κ1) is 18.7. The van der Waals surface area contributed by atoms with E-state index >= 15 is 0 Å². The van der Waals surface area contributed by atoms with E-state index in [4.69, 9.17) is 4.74 Å². The van der Waals surface area contributed by atoms with Crippen LogP contribution in [-0.4, -0.2) is 64.6 Å². The fourth-order valence-corrected chi connectivity index (χ4v) is 4.99. The van der Waals surface area contributed by atoms with Crippen LogP contribution in [0.5, 0.6) is 0 Å². The Morgan fingerprint density at radius 2 is 1.79 bits per heavy atom. The fraction of sp³-hybridized carbons (Fsp3) is 0.565. The summed E-state index contributed by atoms with van der Waals surface area (Å²) in [4.78, 5) is 30.3. The van der Waals surface area contributed by atoms with E-state index in [0.717, 1.165) is 43.0 Å². The number of benzene rings is 1. The second kappa shape index (κ2) is 7.48. The number of amides is 2. The van der Waals surface area contributed by atoms with Crippen molar-refractivity contribution in [3.63, 3.8) is 0 Å². The average molecular weight is 396 g/mol. The van der Waals surface area contributed by atoms with Gasteiger partial charge in [-0.2, -0.15) is 0 Å². The molecule has 1 aliphatic carbocycles. The van der Waals surface area contributed by atoms with Crippen LogP contribution in [0.2, 0.25) is 0 Å². The first-order chi connectivity index (χ1) is 14.2. The molecule has 1 spiro atoms. The first-order valence-electron chi connectivity index (χ1n) is 10.9. The van der Waals surface area contributed by atoms with Gasteiger partial charge in [0.1, 0.15) is 6.54 Å². The molecular formula is C23H29N3O3. The highest BCUT2D eigenvalue weighted by atomic mass is 16.5. The third-order valence-electron chi connectivity index (χ3n) is 6.97. The molecule has 1 aromatic heterocycles. The minimum absolute atomic E-state index is 0.132. The van der Waals surface area contributed by atoms with Crippen molar-refractivity contribution in [2.75, 3.05) is 32.8 Å². The smallest absolute Gasteiger partial charge is 0.242 e. The molecule has 1 saturated carbocycles. The molecule has 6 heteroatoms. The van der Waals surface area contributed by atoms with E-state index in [0.29, 0.717) is 45.3 Å². The molecule has 5 rings (SSSR count). The largest absolute Gasteiger partial charge is 0.381 e. The van der Waals surface area contributed by atoms with E-state index in [1.54, 1.807) is 0 Å². The van der Waals surface area contributed by atoms with Gasteiger partial charge in [0.2, 0.25) is 11.8 Å². The van der Waals surface area contributed by atoms with Crippen LogP contribution in [0.3, 0.4) is 0 Å². The lowest BCUT2D eigenvalue weighted by molar-refractivity contribution is -0.143. The van der Waals surface area contributed by atoms with E-state index in [9.17, 15) is 9.59 Å². The minimum Gasteiger partial charge on any atom is -0.381 e. The maximum absolute atomic E-state index is 13.1. The van der Waals surface area contributed by atoms with Crippen LogP contribution in [0.25, 0.3) is 10.9 Å². The van der Waals surface area contributed by atoms with Crippen LogP contribution in [0.1, 0.15) is 32.1 Å². The summed E-state index contributed by atoms with van der Waals surface area (Å²) in [7, 11) is 0. The molecule has 154 valence electrons. The molecule has 2 aromatic rings. The standard InChI is InChI=1S/C23H29N3O3/c27-21(17-25-11-7-18-3-1-2-4-20(18)25)24-12-8-23(9-15-29-16-10-23)26(14-13-24)22(28)19-5-6-19/h1-4,7,11,19H,5-6,8-10,12-17H2. The summed E-state index contributed by atoms with van der Waals surface area (Å²) < 4.78 is 7.63. The zero-order chi connectivity index (χ0) is 19.8. The zero-order valence-corrected chi connectivity index (χ0v) is 16.9. The van der Waals surface area contributed by atoms with Crippen LogP contribution < -0.4 is 0 Å². The van der Waals surface area contributed by atoms with Gasteiger partial charge >= 0.3 is 0 Å². The summed E-state index contributed by atoms with van der Waals surface area (Å²) in [5.41, 5.74) is 0.953. The molecule has 0 atom stereocenters. The highest BCUT2D eigenvalue weighted by Crippen LogP contribution is 2.39. The lowest BCUT2D eigenvalue weighted by atomic mass is 9.84. The summed E-state index contributed by atoms with van der Waals surface area (Å²) in [6.45, 7) is 3.74. The number of rotatable bonds is 3. The Hall–Kier alpha value is -2.34. The van der Waals surface area contributed by atoms with Gasteiger partial charge in [-0.05, 0) is 49.6 Å². The number of fused-ring (bicyclic) bond motifs is 1.